The van der Waals surface area contributed by atoms with E-state index in [2.05, 4.69) is 15.0 Å². The summed E-state index contributed by atoms with van der Waals surface area (Å²) in [6.45, 7) is 0.709. The summed E-state index contributed by atoms with van der Waals surface area (Å²) in [7, 11) is 1.46. The van der Waals surface area contributed by atoms with E-state index in [9.17, 15) is 18.0 Å². The third kappa shape index (κ3) is 4.01. The van der Waals surface area contributed by atoms with Gasteiger partial charge in [-0.15, -0.1) is 0 Å². The monoisotopic (exact) mass is 368 g/mol. The lowest BCUT2D eigenvalue weighted by molar-refractivity contribution is -0.141. The van der Waals surface area contributed by atoms with Gasteiger partial charge in [-0.1, -0.05) is 0 Å². The highest BCUT2D eigenvalue weighted by Crippen LogP contribution is 2.27. The van der Waals surface area contributed by atoms with Gasteiger partial charge in [0, 0.05) is 19.2 Å². The number of ether oxygens (including phenoxy) is 2. The summed E-state index contributed by atoms with van der Waals surface area (Å²) < 4.78 is 48.3. The molecule has 1 aliphatic heterocycles. The predicted octanol–water partition coefficient (Wildman–Crippen LogP) is 2.19. The van der Waals surface area contributed by atoms with Gasteiger partial charge in [-0.25, -0.2) is 0 Å². The molecular formula is C16H15F3N4O3. The first-order chi connectivity index (χ1) is 12.4. The summed E-state index contributed by atoms with van der Waals surface area (Å²) >= 11 is 0. The second-order valence-electron chi connectivity index (χ2n) is 5.61. The second kappa shape index (κ2) is 7.14. The fourth-order valence-electron chi connectivity index (χ4n) is 2.54. The number of carbonyl (C=O) groups excluding carboxylic acids is 1. The van der Waals surface area contributed by atoms with Gasteiger partial charge in [0.2, 0.25) is 11.8 Å². The molecule has 2 aromatic rings. The molecule has 1 amide bonds. The topological polar surface area (TPSA) is 77.4 Å². The number of rotatable bonds is 4. The molecule has 10 heteroatoms. The number of carbonyl (C=O) groups is 1. The smallest absolute Gasteiger partial charge is 0.433 e. The standard InChI is InChI=1S/C16H15F3N4O3/c1-25-13-7-20-8-14(22-13)26-11-4-5-23(9-11)15(24)10-2-3-12(21-6-10)16(17,18)19/h2-3,6-8,11H,4-5,9H2,1H3. The average molecular weight is 368 g/mol. The molecule has 2 aromatic heterocycles. The lowest BCUT2D eigenvalue weighted by Gasteiger charge is -2.17. The molecule has 3 heterocycles. The van der Waals surface area contributed by atoms with Crippen molar-refractivity contribution < 1.29 is 27.4 Å². The van der Waals surface area contributed by atoms with Crippen molar-refractivity contribution >= 4 is 5.91 Å². The summed E-state index contributed by atoms with van der Waals surface area (Å²) in [5.41, 5.74) is -0.937. The van der Waals surface area contributed by atoms with Crippen LogP contribution in [0.3, 0.4) is 0 Å². The molecule has 1 fully saturated rings. The molecule has 0 spiro atoms. The Morgan fingerprint density at radius 1 is 1.23 bits per heavy atom. The lowest BCUT2D eigenvalue weighted by atomic mass is 10.2. The van der Waals surface area contributed by atoms with Crippen molar-refractivity contribution in [3.63, 3.8) is 0 Å². The Labute approximate surface area is 146 Å². The first-order valence-electron chi connectivity index (χ1n) is 7.72. The maximum absolute atomic E-state index is 12.5. The molecule has 1 unspecified atom stereocenters. The van der Waals surface area contributed by atoms with Crippen molar-refractivity contribution in [1.82, 2.24) is 19.9 Å². The molecule has 26 heavy (non-hydrogen) atoms. The Bertz CT molecular complexity index is 783. The van der Waals surface area contributed by atoms with Crippen LogP contribution in [0.1, 0.15) is 22.5 Å². The van der Waals surface area contributed by atoms with Crippen LogP contribution in [0.5, 0.6) is 11.8 Å². The van der Waals surface area contributed by atoms with Crippen LogP contribution < -0.4 is 9.47 Å². The number of halogens is 3. The Balaban J connectivity index is 1.62. The summed E-state index contributed by atoms with van der Waals surface area (Å²) in [5.74, 6) is 0.193. The van der Waals surface area contributed by atoms with Gasteiger partial charge in [-0.05, 0) is 12.1 Å². The molecule has 0 bridgehead atoms. The average Bonchev–Trinajstić information content (AvgIpc) is 3.09. The van der Waals surface area contributed by atoms with Crippen LogP contribution in [0.15, 0.2) is 30.7 Å². The minimum absolute atomic E-state index is 0.0971. The van der Waals surface area contributed by atoms with Gasteiger partial charge in [-0.3, -0.25) is 14.8 Å². The zero-order chi connectivity index (χ0) is 18.7. The number of hydrogen-bond donors (Lipinski definition) is 0. The normalized spacial score (nSPS) is 17.2. The minimum Gasteiger partial charge on any atom is -0.480 e. The summed E-state index contributed by atoms with van der Waals surface area (Å²) in [6.07, 6.45) is -0.443. The fourth-order valence-corrected chi connectivity index (χ4v) is 2.54. The number of pyridine rings is 1. The summed E-state index contributed by atoms with van der Waals surface area (Å²) in [5, 5.41) is 0. The van der Waals surface area contributed by atoms with Crippen molar-refractivity contribution in [3.8, 4) is 11.8 Å². The van der Waals surface area contributed by atoms with Gasteiger partial charge in [0.1, 0.15) is 11.8 Å². The number of hydrogen-bond acceptors (Lipinski definition) is 6. The quantitative estimate of drug-likeness (QED) is 0.823. The second-order valence-corrected chi connectivity index (χ2v) is 5.61. The van der Waals surface area contributed by atoms with Crippen LogP contribution in [0.4, 0.5) is 13.2 Å². The molecule has 1 atom stereocenters. The molecule has 1 saturated heterocycles. The van der Waals surface area contributed by atoms with Crippen LogP contribution in [-0.2, 0) is 6.18 Å². The van der Waals surface area contributed by atoms with Crippen molar-refractivity contribution in [3.05, 3.63) is 42.0 Å². The van der Waals surface area contributed by atoms with Crippen LogP contribution in [0.2, 0.25) is 0 Å². The molecule has 138 valence electrons. The fraction of sp³-hybridized carbons (Fsp3) is 0.375. The van der Waals surface area contributed by atoms with Gasteiger partial charge < -0.3 is 14.4 Å². The van der Waals surface area contributed by atoms with E-state index in [1.807, 2.05) is 0 Å². The van der Waals surface area contributed by atoms with E-state index in [1.165, 1.54) is 24.4 Å². The van der Waals surface area contributed by atoms with Crippen molar-refractivity contribution in [2.75, 3.05) is 20.2 Å². The highest BCUT2D eigenvalue weighted by atomic mass is 19.4. The largest absolute Gasteiger partial charge is 0.480 e. The van der Waals surface area contributed by atoms with E-state index in [0.29, 0.717) is 25.4 Å². The first kappa shape index (κ1) is 17.9. The van der Waals surface area contributed by atoms with E-state index >= 15 is 0 Å². The molecular weight excluding hydrogens is 353 g/mol. The van der Waals surface area contributed by atoms with Gasteiger partial charge >= 0.3 is 6.18 Å². The molecule has 0 N–H and O–H groups in total. The Hall–Kier alpha value is -2.91. The van der Waals surface area contributed by atoms with Gasteiger partial charge in [0.15, 0.2) is 0 Å². The van der Waals surface area contributed by atoms with Crippen LogP contribution in [-0.4, -0.2) is 52.1 Å². The van der Waals surface area contributed by atoms with Crippen LogP contribution in [0, 0.1) is 0 Å². The number of likely N-dealkylation sites (tertiary alicyclic amines) is 1. The Morgan fingerprint density at radius 3 is 2.65 bits per heavy atom. The minimum atomic E-state index is -4.54. The molecule has 0 saturated carbocycles. The number of nitrogens with zero attached hydrogens (tertiary/aromatic N) is 4. The highest BCUT2D eigenvalue weighted by Gasteiger charge is 2.33. The SMILES string of the molecule is COc1cncc(OC2CCN(C(=O)c3ccc(C(F)(F)F)nc3)C2)n1. The highest BCUT2D eigenvalue weighted by molar-refractivity contribution is 5.94. The summed E-state index contributed by atoms with van der Waals surface area (Å²) in [6, 6.07) is 1.92. The van der Waals surface area contributed by atoms with E-state index in [0.717, 1.165) is 18.3 Å². The molecule has 1 aliphatic rings. The molecule has 0 aromatic carbocycles. The Kier molecular flexibility index (Phi) is 4.92. The van der Waals surface area contributed by atoms with Crippen LogP contribution in [0.25, 0.3) is 0 Å². The van der Waals surface area contributed by atoms with E-state index in [-0.39, 0.29) is 17.5 Å². The first-order valence-corrected chi connectivity index (χ1v) is 7.72. The zero-order valence-corrected chi connectivity index (χ0v) is 13.7. The third-order valence-electron chi connectivity index (χ3n) is 3.82. The number of amides is 1. The zero-order valence-electron chi connectivity index (χ0n) is 13.7. The number of alkyl halides is 3. The Morgan fingerprint density at radius 2 is 2.00 bits per heavy atom. The van der Waals surface area contributed by atoms with Crippen molar-refractivity contribution in [1.29, 1.82) is 0 Å². The van der Waals surface area contributed by atoms with E-state index in [4.69, 9.17) is 9.47 Å². The number of methoxy groups -OCH3 is 1. The maximum atomic E-state index is 12.5. The maximum Gasteiger partial charge on any atom is 0.433 e. The molecule has 3 rings (SSSR count). The van der Waals surface area contributed by atoms with E-state index in [1.54, 1.807) is 0 Å². The number of aromatic nitrogens is 3. The molecule has 0 radical (unpaired) electrons. The van der Waals surface area contributed by atoms with Gasteiger partial charge in [0.05, 0.1) is 31.6 Å². The lowest BCUT2D eigenvalue weighted by Crippen LogP contribution is -2.31. The van der Waals surface area contributed by atoms with Crippen molar-refractivity contribution in [2.24, 2.45) is 0 Å². The van der Waals surface area contributed by atoms with Gasteiger partial charge in [-0.2, -0.15) is 18.2 Å². The van der Waals surface area contributed by atoms with Gasteiger partial charge in [0.25, 0.3) is 5.91 Å². The van der Waals surface area contributed by atoms with Crippen LogP contribution >= 0.6 is 0 Å². The van der Waals surface area contributed by atoms with E-state index < -0.39 is 17.8 Å². The molecule has 7 nitrogen and oxygen atoms in total. The predicted molar refractivity (Wildman–Crippen MR) is 82.8 cm³/mol. The van der Waals surface area contributed by atoms with Crippen molar-refractivity contribution in [2.45, 2.75) is 18.7 Å². The summed E-state index contributed by atoms with van der Waals surface area (Å²) in [4.78, 5) is 25.2. The third-order valence-corrected chi connectivity index (χ3v) is 3.82. The molecule has 0 aliphatic carbocycles.